The Hall–Kier alpha value is -1.37. The Bertz CT molecular complexity index is 717. The summed E-state index contributed by atoms with van der Waals surface area (Å²) in [5.41, 5.74) is 1.05. The largest absolute Gasteiger partial charge is 0.496 e. The normalized spacial score (nSPS) is 26.8. The van der Waals surface area contributed by atoms with E-state index >= 15 is 0 Å². The molecule has 0 spiro atoms. The van der Waals surface area contributed by atoms with Gasteiger partial charge in [0.25, 0.3) is 0 Å². The summed E-state index contributed by atoms with van der Waals surface area (Å²) in [5, 5.41) is 0. The van der Waals surface area contributed by atoms with Crippen LogP contribution in [0.2, 0.25) is 0 Å². The molecule has 0 aromatic heterocycles. The quantitative estimate of drug-likeness (QED) is 0.772. The summed E-state index contributed by atoms with van der Waals surface area (Å²) in [6.45, 7) is 5.79. The van der Waals surface area contributed by atoms with Gasteiger partial charge < -0.3 is 4.74 Å². The number of rotatable bonds is 6. The minimum Gasteiger partial charge on any atom is -0.496 e. The molecule has 2 saturated heterocycles. The van der Waals surface area contributed by atoms with E-state index < -0.39 is 9.84 Å². The maximum atomic E-state index is 12.2. The van der Waals surface area contributed by atoms with E-state index in [-0.39, 0.29) is 12.1 Å². The van der Waals surface area contributed by atoms with Gasteiger partial charge in [0.15, 0.2) is 9.84 Å². The maximum Gasteiger partial charge on any atom is 0.153 e. The molecular formula is C19H28N2O3S. The van der Waals surface area contributed by atoms with Crippen LogP contribution in [0.4, 0.5) is 0 Å². The molecule has 0 amide bonds. The lowest BCUT2D eigenvalue weighted by Crippen LogP contribution is -2.59. The predicted molar refractivity (Wildman–Crippen MR) is 102 cm³/mol. The highest BCUT2D eigenvalue weighted by molar-refractivity contribution is 7.91. The molecule has 1 aromatic rings. The molecule has 0 bridgehead atoms. The fourth-order valence-electron chi connectivity index (χ4n) is 4.01. The predicted octanol–water partition coefficient (Wildman–Crippen LogP) is 1.90. The van der Waals surface area contributed by atoms with E-state index in [1.54, 1.807) is 7.11 Å². The van der Waals surface area contributed by atoms with Gasteiger partial charge in [0, 0.05) is 37.3 Å². The molecule has 2 heterocycles. The third kappa shape index (κ3) is 4.25. The Kier molecular flexibility index (Phi) is 5.81. The molecule has 2 aliphatic rings. The first-order chi connectivity index (χ1) is 12.0. The van der Waals surface area contributed by atoms with Crippen LogP contribution in [0.15, 0.2) is 30.3 Å². The molecule has 2 atom stereocenters. The number of hydrogen-bond donors (Lipinski definition) is 0. The van der Waals surface area contributed by atoms with Crippen molar-refractivity contribution >= 4 is 15.9 Å². The molecule has 0 radical (unpaired) electrons. The summed E-state index contributed by atoms with van der Waals surface area (Å²) in [5.74, 6) is 1.46. The van der Waals surface area contributed by atoms with E-state index in [4.69, 9.17) is 4.74 Å². The highest BCUT2D eigenvalue weighted by Crippen LogP contribution is 2.27. The van der Waals surface area contributed by atoms with Gasteiger partial charge in [-0.25, -0.2) is 8.42 Å². The minimum atomic E-state index is -2.93. The highest BCUT2D eigenvalue weighted by Gasteiger charge is 2.45. The molecule has 2 aliphatic heterocycles. The zero-order valence-electron chi connectivity index (χ0n) is 15.1. The van der Waals surface area contributed by atoms with Crippen LogP contribution in [0, 0.1) is 0 Å². The molecule has 0 aliphatic carbocycles. The summed E-state index contributed by atoms with van der Waals surface area (Å²) in [6.07, 6.45) is 5.25. The Morgan fingerprint density at radius 1 is 1.16 bits per heavy atom. The Balaban J connectivity index is 1.69. The van der Waals surface area contributed by atoms with Crippen molar-refractivity contribution in [3.8, 4) is 5.75 Å². The van der Waals surface area contributed by atoms with Gasteiger partial charge in [-0.3, -0.25) is 9.80 Å². The number of sulfone groups is 1. The first kappa shape index (κ1) is 18.4. The third-order valence-electron chi connectivity index (χ3n) is 5.19. The summed E-state index contributed by atoms with van der Waals surface area (Å²) in [4.78, 5) is 4.70. The average Bonchev–Trinajstić information content (AvgIpc) is 2.93. The van der Waals surface area contributed by atoms with Gasteiger partial charge in [-0.1, -0.05) is 37.3 Å². The second-order valence-corrected chi connectivity index (χ2v) is 9.04. The number of fused-ring (bicyclic) bond motifs is 1. The van der Waals surface area contributed by atoms with Crippen molar-refractivity contribution in [1.29, 1.82) is 0 Å². The molecule has 5 nitrogen and oxygen atoms in total. The monoisotopic (exact) mass is 364 g/mol. The summed E-state index contributed by atoms with van der Waals surface area (Å²) < 4.78 is 29.7. The van der Waals surface area contributed by atoms with Gasteiger partial charge in [-0.2, -0.15) is 0 Å². The van der Waals surface area contributed by atoms with Crippen molar-refractivity contribution in [3.63, 3.8) is 0 Å². The van der Waals surface area contributed by atoms with Gasteiger partial charge >= 0.3 is 0 Å². The molecule has 0 N–H and O–H groups in total. The zero-order valence-corrected chi connectivity index (χ0v) is 15.9. The standard InChI is InChI=1S/C19H28N2O3S/c1-3-10-20-12-13-21(18-15-25(22,23)14-17(18)20)11-6-8-16-7-4-5-9-19(16)24-2/h4-9,17-18H,3,10-15H2,1-2H3/b8-6+/t17-,18+/m0/s1. The number of piperazine rings is 1. The molecule has 0 unspecified atom stereocenters. The first-order valence-corrected chi connectivity index (χ1v) is 10.8. The molecular weight excluding hydrogens is 336 g/mol. The lowest BCUT2D eigenvalue weighted by Gasteiger charge is -2.43. The van der Waals surface area contributed by atoms with Crippen LogP contribution in [0.25, 0.3) is 6.08 Å². The molecule has 25 heavy (non-hydrogen) atoms. The second kappa shape index (κ2) is 7.89. The van der Waals surface area contributed by atoms with E-state index in [2.05, 4.69) is 28.9 Å². The van der Waals surface area contributed by atoms with Crippen molar-refractivity contribution in [2.75, 3.05) is 44.8 Å². The number of hydrogen-bond acceptors (Lipinski definition) is 5. The van der Waals surface area contributed by atoms with Crippen molar-refractivity contribution in [2.24, 2.45) is 0 Å². The molecule has 138 valence electrons. The van der Waals surface area contributed by atoms with E-state index in [9.17, 15) is 8.42 Å². The third-order valence-corrected chi connectivity index (χ3v) is 6.89. The number of benzene rings is 1. The van der Waals surface area contributed by atoms with E-state index in [0.717, 1.165) is 43.9 Å². The van der Waals surface area contributed by atoms with Crippen LogP contribution < -0.4 is 4.74 Å². The minimum absolute atomic E-state index is 0.118. The van der Waals surface area contributed by atoms with Gasteiger partial charge in [0.2, 0.25) is 0 Å². The van der Waals surface area contributed by atoms with Crippen LogP contribution >= 0.6 is 0 Å². The van der Waals surface area contributed by atoms with Crippen molar-refractivity contribution in [3.05, 3.63) is 35.9 Å². The van der Waals surface area contributed by atoms with Gasteiger partial charge in [0.05, 0.1) is 18.6 Å². The van der Waals surface area contributed by atoms with Crippen LogP contribution in [-0.2, 0) is 9.84 Å². The van der Waals surface area contributed by atoms with Gasteiger partial charge in [-0.05, 0) is 19.0 Å². The van der Waals surface area contributed by atoms with Gasteiger partial charge in [-0.15, -0.1) is 0 Å². The van der Waals surface area contributed by atoms with Crippen LogP contribution in [0.5, 0.6) is 5.75 Å². The van der Waals surface area contributed by atoms with Crippen LogP contribution in [0.1, 0.15) is 18.9 Å². The number of nitrogens with zero attached hydrogens (tertiary/aromatic N) is 2. The topological polar surface area (TPSA) is 49.9 Å². The Morgan fingerprint density at radius 2 is 1.84 bits per heavy atom. The fraction of sp³-hybridized carbons (Fsp3) is 0.579. The second-order valence-electron chi connectivity index (χ2n) is 6.89. The van der Waals surface area contributed by atoms with Crippen molar-refractivity contribution in [2.45, 2.75) is 25.4 Å². The first-order valence-electron chi connectivity index (χ1n) is 9.02. The molecule has 2 fully saturated rings. The Labute approximate surface area is 151 Å². The number of para-hydroxylation sites is 1. The summed E-state index contributed by atoms with van der Waals surface area (Å²) >= 11 is 0. The van der Waals surface area contributed by atoms with E-state index in [1.165, 1.54) is 0 Å². The van der Waals surface area contributed by atoms with Crippen molar-refractivity contribution in [1.82, 2.24) is 9.80 Å². The summed E-state index contributed by atoms with van der Waals surface area (Å²) in [7, 11) is -1.25. The molecule has 1 aromatic carbocycles. The molecule has 6 heteroatoms. The SMILES string of the molecule is CCCN1CCN(C/C=C/c2ccccc2OC)[C@@H]2CS(=O)(=O)C[C@@H]21. The zero-order chi connectivity index (χ0) is 17.9. The smallest absolute Gasteiger partial charge is 0.153 e. The van der Waals surface area contributed by atoms with Crippen LogP contribution in [0.3, 0.4) is 0 Å². The molecule has 3 rings (SSSR count). The highest BCUT2D eigenvalue weighted by atomic mass is 32.2. The maximum absolute atomic E-state index is 12.2. The average molecular weight is 365 g/mol. The fourth-order valence-corrected chi connectivity index (χ4v) is 6.05. The van der Waals surface area contributed by atoms with Gasteiger partial charge in [0.1, 0.15) is 5.75 Å². The lowest BCUT2D eigenvalue weighted by molar-refractivity contribution is 0.0534. The summed E-state index contributed by atoms with van der Waals surface area (Å²) in [6, 6.07) is 8.19. The van der Waals surface area contributed by atoms with E-state index in [0.29, 0.717) is 11.5 Å². The lowest BCUT2D eigenvalue weighted by atomic mass is 10.0. The Morgan fingerprint density at radius 3 is 2.56 bits per heavy atom. The van der Waals surface area contributed by atoms with Crippen LogP contribution in [-0.4, -0.2) is 75.1 Å². The molecule has 0 saturated carbocycles. The van der Waals surface area contributed by atoms with Crippen molar-refractivity contribution < 1.29 is 13.2 Å². The number of ether oxygens (including phenoxy) is 1. The van der Waals surface area contributed by atoms with E-state index in [1.807, 2.05) is 24.3 Å². The number of methoxy groups -OCH3 is 1.